The second-order valence-corrected chi connectivity index (χ2v) is 6.61. The summed E-state index contributed by atoms with van der Waals surface area (Å²) in [4.78, 5) is 17.4. The normalized spacial score (nSPS) is 14.0. The Balaban J connectivity index is 1.83. The molecule has 1 aromatic heterocycles. The Hall–Kier alpha value is -2.12. The molecule has 134 valence electrons. The molecule has 6 nitrogen and oxygen atoms in total. The number of nitrogens with zero attached hydrogens (tertiary/aromatic N) is 2. The molecule has 0 amide bonds. The first-order valence-electron chi connectivity index (χ1n) is 8.57. The topological polar surface area (TPSA) is 62.3 Å². The van der Waals surface area contributed by atoms with Gasteiger partial charge in [-0.2, -0.15) is 0 Å². The van der Waals surface area contributed by atoms with Crippen molar-refractivity contribution in [2.45, 2.75) is 32.9 Å². The first kappa shape index (κ1) is 17.7. The number of methoxy groups -OCH3 is 1. The van der Waals surface area contributed by atoms with Gasteiger partial charge in [-0.05, 0) is 49.3 Å². The molecule has 2 heterocycles. The third-order valence-electron chi connectivity index (χ3n) is 4.47. The third kappa shape index (κ3) is 3.93. The zero-order valence-corrected chi connectivity index (χ0v) is 15.5. The Labute approximate surface area is 152 Å². The van der Waals surface area contributed by atoms with Crippen LogP contribution in [0.3, 0.4) is 0 Å². The number of ether oxygens (including phenoxy) is 1. The molecule has 0 bridgehead atoms. The van der Waals surface area contributed by atoms with Crippen LogP contribution in [-0.2, 0) is 19.5 Å². The van der Waals surface area contributed by atoms with Gasteiger partial charge in [0.15, 0.2) is 4.77 Å². The summed E-state index contributed by atoms with van der Waals surface area (Å²) in [7, 11) is 1.66. The number of aromatic amines is 1. The average molecular weight is 360 g/mol. The molecular formula is C18H24N4O2S. The summed E-state index contributed by atoms with van der Waals surface area (Å²) in [6.45, 7) is 5.21. The number of anilines is 1. The molecule has 0 saturated carbocycles. The fraction of sp³-hybridized carbons (Fsp3) is 0.444. The minimum atomic E-state index is -0.0889. The number of aryl methyl sites for hydroxylation is 1. The molecular weight excluding hydrogens is 336 g/mol. The van der Waals surface area contributed by atoms with Gasteiger partial charge in [0, 0.05) is 13.1 Å². The monoisotopic (exact) mass is 360 g/mol. The molecule has 2 aromatic rings. The number of rotatable bonds is 6. The highest BCUT2D eigenvalue weighted by molar-refractivity contribution is 7.71. The Bertz CT molecular complexity index is 842. The van der Waals surface area contributed by atoms with E-state index in [2.05, 4.69) is 34.3 Å². The van der Waals surface area contributed by atoms with E-state index in [1.54, 1.807) is 7.11 Å². The van der Waals surface area contributed by atoms with E-state index in [9.17, 15) is 4.79 Å². The summed E-state index contributed by atoms with van der Waals surface area (Å²) < 4.78 is 7.66. The van der Waals surface area contributed by atoms with Crippen LogP contribution >= 0.6 is 12.2 Å². The van der Waals surface area contributed by atoms with Crippen molar-refractivity contribution >= 4 is 18.0 Å². The number of nitrogens with one attached hydrogen (secondary N) is 2. The van der Waals surface area contributed by atoms with E-state index in [1.807, 2.05) is 16.7 Å². The predicted octanol–water partition coefficient (Wildman–Crippen LogP) is 2.75. The van der Waals surface area contributed by atoms with E-state index in [0.29, 0.717) is 17.9 Å². The van der Waals surface area contributed by atoms with Gasteiger partial charge in [0.2, 0.25) is 0 Å². The summed E-state index contributed by atoms with van der Waals surface area (Å²) in [5, 5.41) is 3.38. The van der Waals surface area contributed by atoms with Crippen LogP contribution < -0.4 is 15.6 Å². The first-order valence-corrected chi connectivity index (χ1v) is 8.98. The lowest BCUT2D eigenvalue weighted by molar-refractivity contribution is 0.272. The van der Waals surface area contributed by atoms with Crippen molar-refractivity contribution in [1.29, 1.82) is 0 Å². The van der Waals surface area contributed by atoms with Crippen LogP contribution in [0.5, 0.6) is 5.75 Å². The molecule has 0 atom stereocenters. The van der Waals surface area contributed by atoms with Gasteiger partial charge in [-0.25, -0.2) is 0 Å². The Kier molecular flexibility index (Phi) is 5.55. The molecule has 0 saturated heterocycles. The summed E-state index contributed by atoms with van der Waals surface area (Å²) in [6, 6.07) is 8.02. The number of aromatic nitrogens is 2. The van der Waals surface area contributed by atoms with Crippen LogP contribution in [0.25, 0.3) is 0 Å². The molecule has 0 fully saturated rings. The molecule has 1 aliphatic heterocycles. The van der Waals surface area contributed by atoms with Gasteiger partial charge in [-0.1, -0.05) is 19.1 Å². The molecule has 2 N–H and O–H groups in total. The van der Waals surface area contributed by atoms with Crippen molar-refractivity contribution in [3.63, 3.8) is 0 Å². The third-order valence-corrected chi connectivity index (χ3v) is 4.79. The number of hydrogen-bond donors (Lipinski definition) is 2. The Morgan fingerprint density at radius 1 is 1.24 bits per heavy atom. The van der Waals surface area contributed by atoms with E-state index in [1.165, 1.54) is 5.56 Å². The molecule has 25 heavy (non-hydrogen) atoms. The van der Waals surface area contributed by atoms with Crippen LogP contribution in [0.1, 0.15) is 24.5 Å². The molecule has 0 radical (unpaired) electrons. The molecule has 0 unspecified atom stereocenters. The number of benzene rings is 1. The van der Waals surface area contributed by atoms with Gasteiger partial charge in [-0.3, -0.25) is 14.7 Å². The van der Waals surface area contributed by atoms with Crippen molar-refractivity contribution in [1.82, 2.24) is 14.5 Å². The maximum absolute atomic E-state index is 12.3. The quantitative estimate of drug-likeness (QED) is 0.776. The van der Waals surface area contributed by atoms with E-state index in [0.717, 1.165) is 43.2 Å². The van der Waals surface area contributed by atoms with E-state index in [4.69, 9.17) is 17.0 Å². The van der Waals surface area contributed by atoms with E-state index in [-0.39, 0.29) is 5.56 Å². The highest BCUT2D eigenvalue weighted by Gasteiger charge is 2.21. The standard InChI is InChI=1S/C18H24N4O2S/c1-3-9-21-11-15-16(19-12-21)22(18(25)20-17(15)23)10-8-13-4-6-14(24-2)7-5-13/h4-7,19H,3,8-12H2,1-2H3,(H,20,23,25). The van der Waals surface area contributed by atoms with Crippen molar-refractivity contribution < 1.29 is 4.74 Å². The largest absolute Gasteiger partial charge is 0.497 e. The minimum Gasteiger partial charge on any atom is -0.497 e. The summed E-state index contributed by atoms with van der Waals surface area (Å²) in [5.41, 5.74) is 1.88. The van der Waals surface area contributed by atoms with E-state index >= 15 is 0 Å². The van der Waals surface area contributed by atoms with Crippen molar-refractivity contribution in [2.24, 2.45) is 0 Å². The van der Waals surface area contributed by atoms with Crippen LogP contribution in [0, 0.1) is 4.77 Å². The van der Waals surface area contributed by atoms with Crippen molar-refractivity contribution in [2.75, 3.05) is 25.6 Å². The molecule has 3 rings (SSSR count). The van der Waals surface area contributed by atoms with Crippen LogP contribution in [0.4, 0.5) is 5.82 Å². The minimum absolute atomic E-state index is 0.0889. The lowest BCUT2D eigenvalue weighted by Crippen LogP contribution is -2.39. The Morgan fingerprint density at radius 3 is 2.68 bits per heavy atom. The highest BCUT2D eigenvalue weighted by Crippen LogP contribution is 2.20. The maximum atomic E-state index is 12.3. The van der Waals surface area contributed by atoms with E-state index < -0.39 is 0 Å². The average Bonchev–Trinajstić information content (AvgIpc) is 2.62. The Morgan fingerprint density at radius 2 is 2.00 bits per heavy atom. The number of H-pyrrole nitrogens is 1. The second-order valence-electron chi connectivity index (χ2n) is 6.22. The smallest absolute Gasteiger partial charge is 0.258 e. The van der Waals surface area contributed by atoms with Gasteiger partial charge < -0.3 is 14.6 Å². The van der Waals surface area contributed by atoms with Gasteiger partial charge in [0.1, 0.15) is 11.6 Å². The van der Waals surface area contributed by atoms with Gasteiger partial charge >= 0.3 is 0 Å². The first-order chi connectivity index (χ1) is 12.1. The zero-order chi connectivity index (χ0) is 17.8. The van der Waals surface area contributed by atoms with Crippen molar-refractivity contribution in [3.05, 3.63) is 50.5 Å². The van der Waals surface area contributed by atoms with Gasteiger partial charge in [0.05, 0.1) is 19.3 Å². The van der Waals surface area contributed by atoms with Crippen LogP contribution in [0.15, 0.2) is 29.1 Å². The molecule has 7 heteroatoms. The maximum Gasteiger partial charge on any atom is 0.258 e. The molecule has 0 aliphatic carbocycles. The summed E-state index contributed by atoms with van der Waals surface area (Å²) in [6.07, 6.45) is 1.89. The molecule has 1 aromatic carbocycles. The molecule has 0 spiro atoms. The van der Waals surface area contributed by atoms with Crippen molar-refractivity contribution in [3.8, 4) is 5.75 Å². The fourth-order valence-corrected chi connectivity index (χ4v) is 3.42. The summed E-state index contributed by atoms with van der Waals surface area (Å²) >= 11 is 5.39. The molecule has 1 aliphatic rings. The lowest BCUT2D eigenvalue weighted by Gasteiger charge is -2.30. The second kappa shape index (κ2) is 7.84. The fourth-order valence-electron chi connectivity index (χ4n) is 3.15. The van der Waals surface area contributed by atoms with Crippen LogP contribution in [-0.4, -0.2) is 34.8 Å². The number of fused-ring (bicyclic) bond motifs is 1. The lowest BCUT2D eigenvalue weighted by atomic mass is 10.1. The predicted molar refractivity (Wildman–Crippen MR) is 102 cm³/mol. The van der Waals surface area contributed by atoms with Gasteiger partial charge in [0.25, 0.3) is 5.56 Å². The highest BCUT2D eigenvalue weighted by atomic mass is 32.1. The van der Waals surface area contributed by atoms with Gasteiger partial charge in [-0.15, -0.1) is 0 Å². The summed E-state index contributed by atoms with van der Waals surface area (Å²) in [5.74, 6) is 1.70. The number of hydrogen-bond acceptors (Lipinski definition) is 5. The van der Waals surface area contributed by atoms with Crippen LogP contribution in [0.2, 0.25) is 0 Å². The SMILES string of the molecule is CCCN1CNc2c(c(=O)[nH]c(=S)n2CCc2ccc(OC)cc2)C1. The zero-order valence-electron chi connectivity index (χ0n) is 14.7.